The maximum absolute atomic E-state index is 10.5. The van der Waals surface area contributed by atoms with Crippen molar-refractivity contribution in [2.24, 2.45) is 11.8 Å². The largest absolute Gasteiger partial charge is 0.391 e. The highest BCUT2D eigenvalue weighted by Gasteiger charge is 2.43. The number of aryl methyl sites for hydroxylation is 1. The van der Waals surface area contributed by atoms with Gasteiger partial charge in [-0.3, -0.25) is 0 Å². The molecule has 1 aliphatic carbocycles. The molecule has 1 N–H and O–H groups in total. The van der Waals surface area contributed by atoms with Gasteiger partial charge in [0.1, 0.15) is 24.5 Å². The number of anilines is 1. The molecular weight excluding hydrogens is 304 g/mol. The Morgan fingerprint density at radius 3 is 2.75 bits per heavy atom. The first kappa shape index (κ1) is 15.1. The zero-order chi connectivity index (χ0) is 16.7. The van der Waals surface area contributed by atoms with E-state index in [2.05, 4.69) is 26.0 Å². The molecule has 4 rings (SSSR count). The summed E-state index contributed by atoms with van der Waals surface area (Å²) >= 11 is 0. The van der Waals surface area contributed by atoms with Crippen molar-refractivity contribution in [3.63, 3.8) is 0 Å². The Morgan fingerprint density at radius 1 is 1.25 bits per heavy atom. The molecule has 2 aromatic heterocycles. The van der Waals surface area contributed by atoms with Gasteiger partial charge in [0.15, 0.2) is 0 Å². The van der Waals surface area contributed by atoms with Crippen LogP contribution in [0, 0.1) is 30.1 Å². The molecule has 0 radical (unpaired) electrons. The third-order valence-corrected chi connectivity index (χ3v) is 5.32. The molecule has 0 bridgehead atoms. The second-order valence-corrected chi connectivity index (χ2v) is 6.84. The van der Waals surface area contributed by atoms with Crippen LogP contribution in [0.15, 0.2) is 24.8 Å². The van der Waals surface area contributed by atoms with Crippen LogP contribution in [0.4, 0.5) is 5.82 Å². The number of hydrogen-bond acceptors (Lipinski definition) is 6. The summed E-state index contributed by atoms with van der Waals surface area (Å²) in [5.74, 6) is 1.67. The first-order chi connectivity index (χ1) is 11.7. The van der Waals surface area contributed by atoms with Gasteiger partial charge in [-0.15, -0.1) is 0 Å². The van der Waals surface area contributed by atoms with E-state index in [1.807, 2.05) is 19.1 Å². The van der Waals surface area contributed by atoms with Crippen LogP contribution in [-0.4, -0.2) is 44.0 Å². The minimum atomic E-state index is -0.409. The lowest BCUT2D eigenvalue weighted by atomic mass is 9.77. The molecule has 1 aliphatic heterocycles. The van der Waals surface area contributed by atoms with E-state index in [4.69, 9.17) is 0 Å². The van der Waals surface area contributed by atoms with Crippen LogP contribution < -0.4 is 4.90 Å². The number of aromatic nitrogens is 4. The van der Waals surface area contributed by atoms with Gasteiger partial charge in [0.25, 0.3) is 0 Å². The quantitative estimate of drug-likeness (QED) is 0.895. The fourth-order valence-electron chi connectivity index (χ4n) is 4.12. The van der Waals surface area contributed by atoms with Gasteiger partial charge in [-0.25, -0.2) is 14.6 Å². The average molecular weight is 324 g/mol. The molecule has 7 nitrogen and oxygen atoms in total. The smallest absolute Gasteiger partial charge is 0.146 e. The van der Waals surface area contributed by atoms with Gasteiger partial charge in [0, 0.05) is 18.8 Å². The van der Waals surface area contributed by atoms with Crippen molar-refractivity contribution in [3.05, 3.63) is 36.0 Å². The fourth-order valence-corrected chi connectivity index (χ4v) is 4.12. The van der Waals surface area contributed by atoms with E-state index in [0.717, 1.165) is 37.4 Å². The molecule has 4 atom stereocenters. The lowest BCUT2D eigenvalue weighted by Crippen LogP contribution is -2.36. The number of hydrogen-bond donors (Lipinski definition) is 1. The van der Waals surface area contributed by atoms with Crippen molar-refractivity contribution in [3.8, 4) is 6.07 Å². The van der Waals surface area contributed by atoms with Crippen molar-refractivity contribution < 1.29 is 5.11 Å². The van der Waals surface area contributed by atoms with Crippen LogP contribution in [0.1, 0.15) is 30.1 Å². The molecule has 2 fully saturated rings. The first-order valence-corrected chi connectivity index (χ1v) is 8.30. The monoisotopic (exact) mass is 324 g/mol. The number of rotatable bonds is 2. The van der Waals surface area contributed by atoms with Crippen LogP contribution in [0.2, 0.25) is 0 Å². The van der Waals surface area contributed by atoms with Crippen molar-refractivity contribution in [1.29, 1.82) is 5.26 Å². The summed E-state index contributed by atoms with van der Waals surface area (Å²) in [6, 6.07) is 5.94. The highest BCUT2D eigenvalue weighted by Crippen LogP contribution is 2.42. The zero-order valence-electron chi connectivity index (χ0n) is 13.6. The molecule has 124 valence electrons. The van der Waals surface area contributed by atoms with E-state index in [1.165, 1.54) is 6.33 Å². The predicted octanol–water partition coefficient (Wildman–Crippen LogP) is 1.30. The van der Waals surface area contributed by atoms with E-state index in [-0.39, 0.29) is 6.04 Å². The van der Waals surface area contributed by atoms with Crippen molar-refractivity contribution >= 4 is 5.82 Å². The predicted molar refractivity (Wildman–Crippen MR) is 87.2 cm³/mol. The summed E-state index contributed by atoms with van der Waals surface area (Å²) in [5.41, 5.74) is 1.53. The molecule has 0 spiro atoms. The highest BCUT2D eigenvalue weighted by atomic mass is 16.3. The molecule has 0 amide bonds. The molecule has 1 saturated heterocycles. The fraction of sp³-hybridized carbons (Fsp3) is 0.529. The summed E-state index contributed by atoms with van der Waals surface area (Å²) in [7, 11) is 0. The van der Waals surface area contributed by atoms with Gasteiger partial charge in [0.05, 0.1) is 17.7 Å². The molecule has 0 unspecified atom stereocenters. The number of nitrogens with zero attached hydrogens (tertiary/aromatic N) is 6. The maximum Gasteiger partial charge on any atom is 0.146 e. The van der Waals surface area contributed by atoms with Crippen LogP contribution in [0.25, 0.3) is 0 Å². The summed E-state index contributed by atoms with van der Waals surface area (Å²) in [4.78, 5) is 10.8. The number of pyridine rings is 1. The van der Waals surface area contributed by atoms with Crippen LogP contribution in [0.3, 0.4) is 0 Å². The van der Waals surface area contributed by atoms with Gasteiger partial charge in [-0.2, -0.15) is 10.4 Å². The first-order valence-electron chi connectivity index (χ1n) is 8.30. The lowest BCUT2D eigenvalue weighted by molar-refractivity contribution is 0.0305. The molecular formula is C17H20N6O. The number of fused-ring (bicyclic) bond motifs is 1. The second-order valence-electron chi connectivity index (χ2n) is 6.84. The Kier molecular flexibility index (Phi) is 3.69. The van der Waals surface area contributed by atoms with Crippen molar-refractivity contribution in [2.45, 2.75) is 31.9 Å². The van der Waals surface area contributed by atoms with Crippen molar-refractivity contribution in [2.75, 3.05) is 18.0 Å². The summed E-state index contributed by atoms with van der Waals surface area (Å²) < 4.78 is 1.77. The molecule has 2 aliphatic rings. The Labute approximate surface area is 140 Å². The highest BCUT2D eigenvalue weighted by molar-refractivity contribution is 5.55. The third-order valence-electron chi connectivity index (χ3n) is 5.32. The minimum Gasteiger partial charge on any atom is -0.391 e. The molecule has 24 heavy (non-hydrogen) atoms. The van der Waals surface area contributed by atoms with Crippen LogP contribution >= 0.6 is 0 Å². The second kappa shape index (κ2) is 5.87. The van der Waals surface area contributed by atoms with Gasteiger partial charge < -0.3 is 10.0 Å². The number of aliphatic hydroxyl groups excluding tert-OH is 1. The number of nitriles is 1. The Balaban J connectivity index is 1.56. The molecule has 1 saturated carbocycles. The summed E-state index contributed by atoms with van der Waals surface area (Å²) in [5, 5.41) is 24.1. The van der Waals surface area contributed by atoms with E-state index in [0.29, 0.717) is 17.4 Å². The molecule has 0 aromatic carbocycles. The van der Waals surface area contributed by atoms with Gasteiger partial charge in [-0.1, -0.05) is 0 Å². The van der Waals surface area contributed by atoms with E-state index in [1.54, 1.807) is 11.0 Å². The SMILES string of the molecule is Cc1ccc(C#N)c(N2C[C@H]3C[C@@H](n4cncn4)[C@H](O)C[C@H]3C2)n1. The van der Waals surface area contributed by atoms with Crippen LogP contribution in [-0.2, 0) is 0 Å². The molecule has 3 heterocycles. The van der Waals surface area contributed by atoms with Crippen LogP contribution in [0.5, 0.6) is 0 Å². The maximum atomic E-state index is 10.5. The van der Waals surface area contributed by atoms with E-state index < -0.39 is 6.10 Å². The Bertz CT molecular complexity index is 768. The standard InChI is InChI=1S/C17H20N6O/c1-11-2-3-12(6-18)17(21-11)22-7-13-4-15(23-10-19-9-20-23)16(24)5-14(13)8-22/h2-3,9-10,13-16,24H,4-5,7-8H2,1H3/t13-,14+,15-,16-/m1/s1. The Hall–Kier alpha value is -2.46. The topological polar surface area (TPSA) is 90.9 Å². The third kappa shape index (κ3) is 2.53. The summed E-state index contributed by atoms with van der Waals surface area (Å²) in [6.07, 6.45) is 4.40. The molecule has 7 heteroatoms. The summed E-state index contributed by atoms with van der Waals surface area (Å²) in [6.45, 7) is 3.66. The average Bonchev–Trinajstić information content (AvgIpc) is 3.23. The van der Waals surface area contributed by atoms with Gasteiger partial charge in [0.2, 0.25) is 0 Å². The van der Waals surface area contributed by atoms with Gasteiger partial charge in [-0.05, 0) is 43.7 Å². The Morgan fingerprint density at radius 2 is 2.04 bits per heavy atom. The number of aliphatic hydroxyl groups is 1. The van der Waals surface area contributed by atoms with Gasteiger partial charge >= 0.3 is 0 Å². The minimum absolute atomic E-state index is 0.0189. The van der Waals surface area contributed by atoms with E-state index in [9.17, 15) is 10.4 Å². The lowest BCUT2D eigenvalue weighted by Gasteiger charge is -2.34. The molecule has 2 aromatic rings. The zero-order valence-corrected chi connectivity index (χ0v) is 13.6. The van der Waals surface area contributed by atoms with E-state index >= 15 is 0 Å². The van der Waals surface area contributed by atoms with Crippen molar-refractivity contribution in [1.82, 2.24) is 19.7 Å². The normalized spacial score (nSPS) is 29.3.